The standard InChI is InChI=1S/C4H10.CH3.3Ba.3Rb.2H/c1-3-4-2;;;;;;;;;/h3-4H2,1-2H3;1H3;;;;;;;;/q;-1;;2*+1;;;+1;2*-1. The molecule has 0 radical (unpaired) electrons. The average molecular weight is 744 g/mol. The molecule has 0 aliphatic carbocycles. The van der Waals surface area contributed by atoms with Gasteiger partial charge in [-0.05, 0) is 0 Å². The van der Waals surface area contributed by atoms with Crippen LogP contribution in [0.5, 0.6) is 0 Å². The minimum absolute atomic E-state index is 0. The summed E-state index contributed by atoms with van der Waals surface area (Å²) >= 11 is 5.38. The average Bonchev–Trinajstić information content (AvgIpc) is 1.94. The van der Waals surface area contributed by atoms with Crippen molar-refractivity contribution in [3.63, 3.8) is 0 Å². The quantitative estimate of drug-likeness (QED) is 0.208. The second-order valence-electron chi connectivity index (χ2n) is 1.35. The van der Waals surface area contributed by atoms with E-state index >= 15 is 0 Å². The normalized spacial score (nSPS) is 4.55. The predicted octanol–water partition coefficient (Wildman–Crippen LogP) is -2.42. The number of hydrogen-bond acceptors (Lipinski definition) is 0. The summed E-state index contributed by atoms with van der Waals surface area (Å²) in [6, 6.07) is 0. The van der Waals surface area contributed by atoms with Crippen molar-refractivity contribution in [2.24, 2.45) is 0 Å². The van der Waals surface area contributed by atoms with Crippen LogP contribution in [0.3, 0.4) is 0 Å². The van der Waals surface area contributed by atoms with E-state index in [-0.39, 0.29) is 68.5 Å². The summed E-state index contributed by atoms with van der Waals surface area (Å²) in [5.41, 5.74) is 0. The van der Waals surface area contributed by atoms with Crippen molar-refractivity contribution < 1.29 is 61.0 Å². The van der Waals surface area contributed by atoms with Crippen LogP contribution in [-0.4, -0.2) is 141 Å². The molecule has 0 aromatic heterocycles. The van der Waals surface area contributed by atoms with Gasteiger partial charge in [0.15, 0.2) is 0 Å². The third kappa shape index (κ3) is 53.4. The summed E-state index contributed by atoms with van der Waals surface area (Å²) in [5.74, 6) is 0. The second kappa shape index (κ2) is 42.7. The predicted molar refractivity (Wildman–Crippen MR) is 58.0 cm³/mol. The summed E-state index contributed by atoms with van der Waals surface area (Å²) in [6.07, 6.45) is 2.64. The van der Waals surface area contributed by atoms with E-state index in [1.165, 1.54) is 74.1 Å². The topological polar surface area (TPSA) is 0 Å². The maximum atomic E-state index is 2.18. The van der Waals surface area contributed by atoms with Crippen molar-refractivity contribution in [2.75, 3.05) is 0 Å². The molecule has 0 bridgehead atoms. The Morgan fingerprint density at radius 2 is 1.27 bits per heavy atom. The Hall–Kier alpha value is 10.1. The fourth-order valence-electron chi connectivity index (χ4n) is 0. The summed E-state index contributed by atoms with van der Waals surface area (Å²) in [7, 11) is 0. The van der Waals surface area contributed by atoms with E-state index in [9.17, 15) is 0 Å². The van der Waals surface area contributed by atoms with Crippen LogP contribution in [0.4, 0.5) is 0 Å². The van der Waals surface area contributed by atoms with Crippen LogP contribution in [0.1, 0.15) is 29.5 Å². The zero-order valence-electron chi connectivity index (χ0n) is 11.5. The molecule has 0 fully saturated rings. The zero-order valence-corrected chi connectivity index (χ0v) is 37.6. The molecule has 0 amide bonds. The van der Waals surface area contributed by atoms with Gasteiger partial charge in [-0.2, -0.15) is 0 Å². The molecule has 0 heterocycles. The molecule has 0 unspecified atom stereocenters. The Balaban J connectivity index is -0.00000000749. The first-order chi connectivity index (χ1) is 4.33. The number of unbranched alkanes of at least 4 members (excludes halogenated alkanes) is 1. The minimum atomic E-state index is 0. The van der Waals surface area contributed by atoms with Gasteiger partial charge in [0.25, 0.3) is 0 Å². The molecule has 0 N–H and O–H groups in total. The van der Waals surface area contributed by atoms with Crippen molar-refractivity contribution in [3.05, 3.63) is 7.43 Å². The molecular formula is C5H15Ba3Rb3. The van der Waals surface area contributed by atoms with Gasteiger partial charge < -0.3 is 10.3 Å². The molecule has 0 rings (SSSR count). The van der Waals surface area contributed by atoms with Crippen molar-refractivity contribution in [3.8, 4) is 0 Å². The first-order valence-corrected chi connectivity index (χ1v) is 89.9. The molecule has 0 aromatic rings. The van der Waals surface area contributed by atoms with Crippen LogP contribution < -0.4 is 58.2 Å². The molecule has 44 valence electrons. The van der Waals surface area contributed by atoms with Gasteiger partial charge in [-0.15, -0.1) is 0 Å². The fraction of sp³-hybridized carbons (Fsp3) is 0.800. The molecule has 0 saturated heterocycles. The molecule has 0 aromatic carbocycles. The maximum absolute atomic E-state index is 2.18. The number of hydrogen-bond donors (Lipinski definition) is 0. The zero-order chi connectivity index (χ0) is 8.12. The Morgan fingerprint density at radius 3 is 1.27 bits per heavy atom. The summed E-state index contributed by atoms with van der Waals surface area (Å²) in [6.45, 7) is 4.36. The Morgan fingerprint density at radius 1 is 1.18 bits per heavy atom. The van der Waals surface area contributed by atoms with Gasteiger partial charge in [-0.3, -0.25) is 0 Å². The van der Waals surface area contributed by atoms with Crippen LogP contribution in [0.2, 0.25) is 0 Å². The molecule has 0 saturated carbocycles. The van der Waals surface area contributed by atoms with Gasteiger partial charge in [0.05, 0.1) is 0 Å². The van der Waals surface area contributed by atoms with Crippen LogP contribution in [0.15, 0.2) is 0 Å². The van der Waals surface area contributed by atoms with Crippen molar-refractivity contribution in [1.82, 2.24) is 0 Å². The summed E-state index contributed by atoms with van der Waals surface area (Å²) < 4.78 is 0. The number of rotatable bonds is 1. The third-order valence-corrected chi connectivity index (χ3v) is 0.500. The first-order valence-electron chi connectivity index (χ1n) is 3.91. The van der Waals surface area contributed by atoms with Crippen molar-refractivity contribution >= 4 is 141 Å². The molecule has 0 spiro atoms. The molecule has 0 atom stereocenters. The van der Waals surface area contributed by atoms with Gasteiger partial charge in [-0.25, -0.2) is 0 Å². The van der Waals surface area contributed by atoms with Crippen LogP contribution in [0, 0.1) is 7.43 Å². The Labute approximate surface area is 222 Å². The molecule has 0 nitrogen and oxygen atoms in total. The molecule has 11 heavy (non-hydrogen) atoms. The van der Waals surface area contributed by atoms with Gasteiger partial charge in [-0.1, -0.05) is 26.7 Å². The van der Waals surface area contributed by atoms with E-state index in [0.29, 0.717) is 12.4 Å². The van der Waals surface area contributed by atoms with E-state index in [2.05, 4.69) is 13.8 Å². The van der Waals surface area contributed by atoms with Crippen LogP contribution in [0.25, 0.3) is 0 Å². The third-order valence-electron chi connectivity index (χ3n) is 0.500. The molecule has 6 heteroatoms. The van der Waals surface area contributed by atoms with E-state index in [4.69, 9.17) is 0 Å². The first kappa shape index (κ1) is 32.9. The summed E-state index contributed by atoms with van der Waals surface area (Å²) in [4.78, 5) is 0. The van der Waals surface area contributed by atoms with Crippen molar-refractivity contribution in [2.45, 2.75) is 26.7 Å². The van der Waals surface area contributed by atoms with Gasteiger partial charge in [0.1, 0.15) is 0 Å². The van der Waals surface area contributed by atoms with E-state index < -0.39 is 0 Å². The van der Waals surface area contributed by atoms with Gasteiger partial charge >= 0.3 is 200 Å². The SMILES string of the molecule is CCCC.[Ba+][Ba][Ba+].[CH3-].[H-].[H-].[Rb+].[Rb][Rb]. The molecule has 0 aliphatic heterocycles. The summed E-state index contributed by atoms with van der Waals surface area (Å²) in [5, 5.41) is 0. The second-order valence-corrected chi connectivity index (χ2v) is 137. The van der Waals surface area contributed by atoms with Gasteiger partial charge in [0.2, 0.25) is 0 Å². The van der Waals surface area contributed by atoms with Crippen LogP contribution >= 0.6 is 0 Å². The monoisotopic (exact) mass is 744 g/mol. The Kier molecular flexibility index (Phi) is 128. The van der Waals surface area contributed by atoms with Gasteiger partial charge in [0, 0.05) is 0 Å². The van der Waals surface area contributed by atoms with E-state index in [0.717, 1.165) is 67.7 Å². The van der Waals surface area contributed by atoms with Crippen LogP contribution in [-0.2, 0) is 0 Å². The van der Waals surface area contributed by atoms with Crippen molar-refractivity contribution in [1.29, 1.82) is 0 Å². The fourth-order valence-corrected chi connectivity index (χ4v) is 0. The van der Waals surface area contributed by atoms with E-state index in [1.54, 1.807) is 0 Å². The molecule has 0 aliphatic rings. The Bertz CT molecular complexity index is 32.5. The van der Waals surface area contributed by atoms with E-state index in [1.807, 2.05) is 0 Å². The molecular weight excluding hydrogens is 728 g/mol.